The van der Waals surface area contributed by atoms with Gasteiger partial charge in [-0.25, -0.2) is 9.37 Å². The highest BCUT2D eigenvalue weighted by atomic mass is 32.1. The van der Waals surface area contributed by atoms with Crippen LogP contribution in [0.3, 0.4) is 0 Å². The van der Waals surface area contributed by atoms with Crippen LogP contribution in [0.15, 0.2) is 65.2 Å². The van der Waals surface area contributed by atoms with Crippen LogP contribution in [0.1, 0.15) is 39.0 Å². The summed E-state index contributed by atoms with van der Waals surface area (Å²) in [6, 6.07) is 16.2. The van der Waals surface area contributed by atoms with E-state index in [4.69, 9.17) is 4.42 Å². The molecule has 4 nitrogen and oxygen atoms in total. The van der Waals surface area contributed by atoms with Crippen molar-refractivity contribution in [2.75, 3.05) is 5.32 Å². The third-order valence-corrected chi connectivity index (χ3v) is 5.79. The number of halogens is 1. The molecule has 0 saturated carbocycles. The quantitative estimate of drug-likeness (QED) is 0.401. The number of amides is 1. The lowest BCUT2D eigenvalue weighted by molar-refractivity contribution is 0.102. The molecule has 0 spiro atoms. The third kappa shape index (κ3) is 4.49. The number of nitrogens with zero attached hydrogens (tertiary/aromatic N) is 1. The van der Waals surface area contributed by atoms with Crippen LogP contribution >= 0.6 is 11.3 Å². The average Bonchev–Trinajstić information content (AvgIpc) is 3.35. The third-order valence-electron chi connectivity index (χ3n) is 4.87. The lowest BCUT2D eigenvalue weighted by atomic mass is 10.1. The van der Waals surface area contributed by atoms with E-state index in [1.54, 1.807) is 31.3 Å². The van der Waals surface area contributed by atoms with Gasteiger partial charge in [0.05, 0.1) is 5.56 Å². The summed E-state index contributed by atoms with van der Waals surface area (Å²) in [6.45, 7) is 3.87. The predicted octanol–water partition coefficient (Wildman–Crippen LogP) is 6.26. The molecule has 0 aliphatic carbocycles. The molecule has 6 heteroatoms. The monoisotopic (exact) mass is 420 g/mol. The van der Waals surface area contributed by atoms with Gasteiger partial charge in [-0.2, -0.15) is 0 Å². The number of benzene rings is 2. The fourth-order valence-electron chi connectivity index (χ4n) is 3.17. The minimum Gasteiger partial charge on any atom is -0.461 e. The summed E-state index contributed by atoms with van der Waals surface area (Å²) in [4.78, 5) is 18.1. The highest BCUT2D eigenvalue weighted by Crippen LogP contribution is 2.27. The van der Waals surface area contributed by atoms with E-state index in [1.807, 2.05) is 0 Å². The summed E-state index contributed by atoms with van der Waals surface area (Å²) in [5, 5.41) is 3.39. The van der Waals surface area contributed by atoms with Gasteiger partial charge in [0.1, 0.15) is 17.3 Å². The molecule has 0 atom stereocenters. The molecule has 0 radical (unpaired) electrons. The number of carbonyl (C=O) groups excluding carboxylic acids is 1. The number of carbonyl (C=O) groups is 1. The summed E-state index contributed by atoms with van der Waals surface area (Å²) < 4.78 is 18.8. The number of nitrogens with one attached hydrogen (secondary N) is 1. The molecule has 0 saturated heterocycles. The van der Waals surface area contributed by atoms with E-state index in [-0.39, 0.29) is 11.7 Å². The topological polar surface area (TPSA) is 55.1 Å². The van der Waals surface area contributed by atoms with E-state index < -0.39 is 0 Å². The standard InChI is InChI=1S/C24H21FN2O2S/c1-3-16-4-6-17(7-5-16)12-20-14-26-24(30-20)27-23(28)21-13-22(29-15(21)2)18-8-10-19(25)11-9-18/h4-11,13-14H,3,12H2,1-2H3,(H,26,27,28). The second-order valence-electron chi connectivity index (χ2n) is 7.02. The second-order valence-corrected chi connectivity index (χ2v) is 8.14. The van der Waals surface area contributed by atoms with Crippen molar-refractivity contribution < 1.29 is 13.6 Å². The van der Waals surface area contributed by atoms with Crippen LogP contribution in [-0.4, -0.2) is 10.9 Å². The first-order valence-corrected chi connectivity index (χ1v) is 10.5. The highest BCUT2D eigenvalue weighted by molar-refractivity contribution is 7.15. The van der Waals surface area contributed by atoms with Crippen LogP contribution in [-0.2, 0) is 12.8 Å². The van der Waals surface area contributed by atoms with E-state index in [1.165, 1.54) is 34.6 Å². The number of anilines is 1. The first kappa shape index (κ1) is 20.0. The summed E-state index contributed by atoms with van der Waals surface area (Å²) in [5.74, 6) is 0.423. The van der Waals surface area contributed by atoms with E-state index in [0.717, 1.165) is 17.7 Å². The first-order valence-electron chi connectivity index (χ1n) is 9.72. The molecule has 2 aromatic heterocycles. The Bertz CT molecular complexity index is 1160. The summed E-state index contributed by atoms with van der Waals surface area (Å²) >= 11 is 1.46. The van der Waals surface area contributed by atoms with Crippen LogP contribution in [0.5, 0.6) is 0 Å². The predicted molar refractivity (Wildman–Crippen MR) is 118 cm³/mol. The SMILES string of the molecule is CCc1ccc(Cc2cnc(NC(=O)c3cc(-c4ccc(F)cc4)oc3C)s2)cc1. The molecular weight excluding hydrogens is 399 g/mol. The maximum absolute atomic E-state index is 13.1. The Labute approximate surface area is 178 Å². The van der Waals surface area contributed by atoms with Crippen molar-refractivity contribution in [1.29, 1.82) is 0 Å². The van der Waals surface area contributed by atoms with Gasteiger partial charge in [0, 0.05) is 23.1 Å². The van der Waals surface area contributed by atoms with Crippen molar-refractivity contribution in [2.24, 2.45) is 0 Å². The van der Waals surface area contributed by atoms with E-state index in [9.17, 15) is 9.18 Å². The molecular formula is C24H21FN2O2S. The first-order chi connectivity index (χ1) is 14.5. The summed E-state index contributed by atoms with van der Waals surface area (Å²) in [7, 11) is 0. The number of rotatable bonds is 6. The normalized spacial score (nSPS) is 10.9. The van der Waals surface area contributed by atoms with Gasteiger partial charge in [0.2, 0.25) is 0 Å². The molecule has 0 aliphatic heterocycles. The maximum atomic E-state index is 13.1. The molecule has 1 N–H and O–H groups in total. The van der Waals surface area contributed by atoms with E-state index >= 15 is 0 Å². The van der Waals surface area contributed by atoms with Gasteiger partial charge in [-0.05, 0) is 54.8 Å². The Hall–Kier alpha value is -3.25. The van der Waals surface area contributed by atoms with Gasteiger partial charge in [0.15, 0.2) is 5.13 Å². The van der Waals surface area contributed by atoms with Crippen LogP contribution in [0.25, 0.3) is 11.3 Å². The fraction of sp³-hybridized carbons (Fsp3) is 0.167. The Morgan fingerprint density at radius 3 is 2.50 bits per heavy atom. The van der Waals surface area contributed by atoms with Crippen molar-refractivity contribution in [2.45, 2.75) is 26.7 Å². The number of hydrogen-bond acceptors (Lipinski definition) is 4. The summed E-state index contributed by atoms with van der Waals surface area (Å²) in [6.07, 6.45) is 3.59. The molecule has 4 rings (SSSR count). The number of thiazole rings is 1. The highest BCUT2D eigenvalue weighted by Gasteiger charge is 2.17. The van der Waals surface area contributed by atoms with Gasteiger partial charge in [-0.3, -0.25) is 10.1 Å². The van der Waals surface area contributed by atoms with Crippen LogP contribution in [0, 0.1) is 12.7 Å². The van der Waals surface area contributed by atoms with Crippen molar-refractivity contribution >= 4 is 22.4 Å². The Balaban J connectivity index is 1.44. The van der Waals surface area contributed by atoms with E-state index in [0.29, 0.717) is 27.8 Å². The Kier molecular flexibility index (Phi) is 5.77. The molecule has 2 aromatic carbocycles. The minimum absolute atomic E-state index is 0.280. The second kappa shape index (κ2) is 8.63. The fourth-order valence-corrected chi connectivity index (χ4v) is 4.01. The number of aromatic nitrogens is 1. The van der Waals surface area contributed by atoms with Crippen molar-refractivity contribution in [3.05, 3.63) is 93.9 Å². The Morgan fingerprint density at radius 1 is 1.10 bits per heavy atom. The van der Waals surface area contributed by atoms with Crippen LogP contribution < -0.4 is 5.32 Å². The van der Waals surface area contributed by atoms with Gasteiger partial charge in [-0.15, -0.1) is 11.3 Å². The van der Waals surface area contributed by atoms with Gasteiger partial charge in [0.25, 0.3) is 5.91 Å². The lowest BCUT2D eigenvalue weighted by Gasteiger charge is -2.01. The number of furan rings is 1. The van der Waals surface area contributed by atoms with Crippen molar-refractivity contribution in [3.63, 3.8) is 0 Å². The zero-order valence-corrected chi connectivity index (χ0v) is 17.6. The molecule has 0 unspecified atom stereocenters. The van der Waals surface area contributed by atoms with Crippen LogP contribution in [0.2, 0.25) is 0 Å². The number of hydrogen-bond donors (Lipinski definition) is 1. The van der Waals surface area contributed by atoms with E-state index in [2.05, 4.69) is 41.5 Å². The summed E-state index contributed by atoms with van der Waals surface area (Å²) in [5.41, 5.74) is 3.67. The molecule has 0 bridgehead atoms. The smallest absolute Gasteiger partial charge is 0.261 e. The van der Waals surface area contributed by atoms with Crippen molar-refractivity contribution in [3.8, 4) is 11.3 Å². The molecule has 152 valence electrons. The average molecular weight is 421 g/mol. The van der Waals surface area contributed by atoms with Gasteiger partial charge < -0.3 is 4.42 Å². The molecule has 1 amide bonds. The largest absolute Gasteiger partial charge is 0.461 e. The molecule has 0 aliphatic rings. The maximum Gasteiger partial charge on any atom is 0.261 e. The van der Waals surface area contributed by atoms with Gasteiger partial charge in [-0.1, -0.05) is 31.2 Å². The van der Waals surface area contributed by atoms with Gasteiger partial charge >= 0.3 is 0 Å². The zero-order chi connectivity index (χ0) is 21.1. The minimum atomic E-state index is -0.319. The molecule has 4 aromatic rings. The van der Waals surface area contributed by atoms with Crippen molar-refractivity contribution in [1.82, 2.24) is 4.98 Å². The lowest BCUT2D eigenvalue weighted by Crippen LogP contribution is -2.11. The molecule has 30 heavy (non-hydrogen) atoms. The molecule has 2 heterocycles. The van der Waals surface area contributed by atoms with Crippen LogP contribution in [0.4, 0.5) is 9.52 Å². The number of aryl methyl sites for hydroxylation is 2. The molecule has 0 fully saturated rings. The Morgan fingerprint density at radius 2 is 1.80 bits per heavy atom. The zero-order valence-electron chi connectivity index (χ0n) is 16.7.